The highest BCUT2D eigenvalue weighted by Crippen LogP contribution is 2.18. The standard InChI is InChI=1S/C8H14N2O3/c11-4-6-1-2-10(3-6)7-5-13-8(12)9-7/h6-7,11H,1-5H2,(H,9,12). The molecule has 0 bridgehead atoms. The van der Waals surface area contributed by atoms with E-state index in [1.165, 1.54) is 0 Å². The van der Waals surface area contributed by atoms with Crippen LogP contribution in [0.15, 0.2) is 0 Å². The van der Waals surface area contributed by atoms with Crippen molar-refractivity contribution in [3.05, 3.63) is 0 Å². The van der Waals surface area contributed by atoms with Crippen LogP contribution in [0.1, 0.15) is 6.42 Å². The van der Waals surface area contributed by atoms with E-state index in [4.69, 9.17) is 9.84 Å². The van der Waals surface area contributed by atoms with Gasteiger partial charge in [0.2, 0.25) is 0 Å². The van der Waals surface area contributed by atoms with Crippen LogP contribution in [-0.2, 0) is 4.74 Å². The summed E-state index contributed by atoms with van der Waals surface area (Å²) in [7, 11) is 0. The molecule has 2 unspecified atom stereocenters. The Hall–Kier alpha value is -0.810. The van der Waals surface area contributed by atoms with Crippen molar-refractivity contribution in [1.82, 2.24) is 10.2 Å². The molecule has 2 fully saturated rings. The van der Waals surface area contributed by atoms with E-state index in [2.05, 4.69) is 10.2 Å². The number of cyclic esters (lactones) is 1. The maximum absolute atomic E-state index is 10.8. The van der Waals surface area contributed by atoms with E-state index in [9.17, 15) is 4.79 Å². The second kappa shape index (κ2) is 3.51. The van der Waals surface area contributed by atoms with Crippen LogP contribution in [0.2, 0.25) is 0 Å². The number of amides is 1. The van der Waals surface area contributed by atoms with Crippen LogP contribution in [0, 0.1) is 5.92 Å². The monoisotopic (exact) mass is 186 g/mol. The predicted octanol–water partition coefficient (Wildman–Crippen LogP) is -0.634. The molecule has 0 aromatic heterocycles. The summed E-state index contributed by atoms with van der Waals surface area (Å²) in [5, 5.41) is 11.7. The van der Waals surface area contributed by atoms with Crippen molar-refractivity contribution in [1.29, 1.82) is 0 Å². The molecule has 0 aliphatic carbocycles. The molecule has 2 aliphatic rings. The molecule has 0 spiro atoms. The average Bonchev–Trinajstić information content (AvgIpc) is 2.71. The topological polar surface area (TPSA) is 61.8 Å². The highest BCUT2D eigenvalue weighted by molar-refractivity contribution is 5.69. The predicted molar refractivity (Wildman–Crippen MR) is 45.0 cm³/mol. The van der Waals surface area contributed by atoms with Crippen molar-refractivity contribution < 1.29 is 14.6 Å². The van der Waals surface area contributed by atoms with Crippen LogP contribution in [0.5, 0.6) is 0 Å². The third kappa shape index (κ3) is 1.76. The molecule has 13 heavy (non-hydrogen) atoms. The molecule has 5 heteroatoms. The number of nitrogens with one attached hydrogen (secondary N) is 1. The van der Waals surface area contributed by atoms with Gasteiger partial charge in [-0.15, -0.1) is 0 Å². The highest BCUT2D eigenvalue weighted by atomic mass is 16.6. The van der Waals surface area contributed by atoms with Gasteiger partial charge in [-0.1, -0.05) is 0 Å². The van der Waals surface area contributed by atoms with Crippen LogP contribution in [-0.4, -0.2) is 48.6 Å². The fourth-order valence-electron chi connectivity index (χ4n) is 1.87. The number of alkyl carbamates (subject to hydrolysis) is 1. The summed E-state index contributed by atoms with van der Waals surface area (Å²) in [5.74, 6) is 0.359. The van der Waals surface area contributed by atoms with Gasteiger partial charge in [0, 0.05) is 19.7 Å². The lowest BCUT2D eigenvalue weighted by molar-refractivity contribution is 0.156. The molecule has 1 amide bonds. The molecule has 0 radical (unpaired) electrons. The Morgan fingerprint density at radius 2 is 2.54 bits per heavy atom. The first-order chi connectivity index (χ1) is 6.29. The molecule has 0 aromatic rings. The molecule has 2 saturated heterocycles. The Labute approximate surface area is 76.7 Å². The van der Waals surface area contributed by atoms with Crippen molar-refractivity contribution >= 4 is 6.09 Å². The van der Waals surface area contributed by atoms with E-state index in [1.807, 2.05) is 0 Å². The SMILES string of the molecule is O=C1NC(N2CCC(CO)C2)CO1. The Kier molecular flexibility index (Phi) is 2.37. The molecular formula is C8H14N2O3. The molecule has 2 aliphatic heterocycles. The number of hydrogen-bond acceptors (Lipinski definition) is 4. The number of rotatable bonds is 2. The van der Waals surface area contributed by atoms with Crippen molar-refractivity contribution in [2.45, 2.75) is 12.6 Å². The molecule has 0 aromatic carbocycles. The van der Waals surface area contributed by atoms with Crippen molar-refractivity contribution in [3.8, 4) is 0 Å². The second-order valence-electron chi connectivity index (χ2n) is 3.59. The quantitative estimate of drug-likeness (QED) is 0.602. The fraction of sp³-hybridized carbons (Fsp3) is 0.875. The minimum absolute atomic E-state index is 0.0176. The fourth-order valence-corrected chi connectivity index (χ4v) is 1.87. The molecule has 5 nitrogen and oxygen atoms in total. The zero-order valence-corrected chi connectivity index (χ0v) is 7.40. The van der Waals surface area contributed by atoms with Gasteiger partial charge < -0.3 is 15.2 Å². The van der Waals surface area contributed by atoms with E-state index in [1.54, 1.807) is 0 Å². The molecule has 2 N–H and O–H groups in total. The normalized spacial score (nSPS) is 34.7. The Morgan fingerprint density at radius 1 is 1.69 bits per heavy atom. The Morgan fingerprint density at radius 3 is 3.08 bits per heavy atom. The maximum atomic E-state index is 10.8. The molecule has 2 heterocycles. The number of likely N-dealkylation sites (tertiary alicyclic amines) is 1. The summed E-state index contributed by atoms with van der Waals surface area (Å²) >= 11 is 0. The van der Waals surface area contributed by atoms with Crippen molar-refractivity contribution in [2.24, 2.45) is 5.92 Å². The number of nitrogens with zero attached hydrogens (tertiary/aromatic N) is 1. The Balaban J connectivity index is 1.85. The first-order valence-electron chi connectivity index (χ1n) is 4.58. The van der Waals surface area contributed by atoms with Gasteiger partial charge in [-0.05, 0) is 12.3 Å². The minimum Gasteiger partial charge on any atom is -0.446 e. The average molecular weight is 186 g/mol. The van der Waals surface area contributed by atoms with E-state index in [-0.39, 0.29) is 18.9 Å². The lowest BCUT2D eigenvalue weighted by Crippen LogP contribution is -2.43. The highest BCUT2D eigenvalue weighted by Gasteiger charge is 2.32. The lowest BCUT2D eigenvalue weighted by atomic mass is 10.1. The molecule has 2 atom stereocenters. The zero-order valence-electron chi connectivity index (χ0n) is 7.40. The number of hydrogen-bond donors (Lipinski definition) is 2. The molecule has 74 valence electrons. The van der Waals surface area contributed by atoms with Gasteiger partial charge >= 0.3 is 6.09 Å². The summed E-state index contributed by atoms with van der Waals surface area (Å²) in [6.07, 6.45) is 0.685. The van der Waals surface area contributed by atoms with E-state index >= 15 is 0 Å². The number of aliphatic hydroxyl groups excluding tert-OH is 1. The number of carbonyl (C=O) groups excluding carboxylic acids is 1. The largest absolute Gasteiger partial charge is 0.446 e. The van der Waals surface area contributed by atoms with E-state index in [0.29, 0.717) is 12.5 Å². The Bertz CT molecular complexity index is 210. The third-order valence-corrected chi connectivity index (χ3v) is 2.67. The van der Waals surface area contributed by atoms with Gasteiger partial charge in [-0.25, -0.2) is 4.79 Å². The number of carbonyl (C=O) groups is 1. The summed E-state index contributed by atoms with van der Waals surface area (Å²) in [6.45, 7) is 2.44. The van der Waals surface area contributed by atoms with Crippen molar-refractivity contribution in [2.75, 3.05) is 26.3 Å². The number of ether oxygens (including phenoxy) is 1. The van der Waals surface area contributed by atoms with Gasteiger partial charge in [0.1, 0.15) is 12.8 Å². The van der Waals surface area contributed by atoms with Crippen LogP contribution < -0.4 is 5.32 Å². The first kappa shape index (κ1) is 8.77. The third-order valence-electron chi connectivity index (χ3n) is 2.67. The molecular weight excluding hydrogens is 172 g/mol. The zero-order chi connectivity index (χ0) is 9.26. The first-order valence-corrected chi connectivity index (χ1v) is 4.58. The number of aliphatic hydroxyl groups is 1. The van der Waals surface area contributed by atoms with Crippen LogP contribution >= 0.6 is 0 Å². The smallest absolute Gasteiger partial charge is 0.408 e. The van der Waals surface area contributed by atoms with Crippen LogP contribution in [0.25, 0.3) is 0 Å². The minimum atomic E-state index is -0.336. The van der Waals surface area contributed by atoms with Gasteiger partial charge in [0.05, 0.1) is 0 Å². The van der Waals surface area contributed by atoms with Crippen LogP contribution in [0.4, 0.5) is 4.79 Å². The van der Waals surface area contributed by atoms with Gasteiger partial charge in [-0.3, -0.25) is 4.90 Å². The van der Waals surface area contributed by atoms with Gasteiger partial charge in [-0.2, -0.15) is 0 Å². The summed E-state index contributed by atoms with van der Waals surface area (Å²) in [4.78, 5) is 12.9. The van der Waals surface area contributed by atoms with Gasteiger partial charge in [0.25, 0.3) is 0 Å². The van der Waals surface area contributed by atoms with Crippen molar-refractivity contribution in [3.63, 3.8) is 0 Å². The van der Waals surface area contributed by atoms with Gasteiger partial charge in [0.15, 0.2) is 0 Å². The lowest BCUT2D eigenvalue weighted by Gasteiger charge is -2.20. The summed E-state index contributed by atoms with van der Waals surface area (Å²) in [5.41, 5.74) is 0. The van der Waals surface area contributed by atoms with E-state index < -0.39 is 0 Å². The second-order valence-corrected chi connectivity index (χ2v) is 3.59. The molecule has 2 rings (SSSR count). The molecule has 0 saturated carbocycles. The summed E-state index contributed by atoms with van der Waals surface area (Å²) in [6, 6.07) is 0. The summed E-state index contributed by atoms with van der Waals surface area (Å²) < 4.78 is 4.79. The van der Waals surface area contributed by atoms with E-state index in [0.717, 1.165) is 19.5 Å². The van der Waals surface area contributed by atoms with Crippen LogP contribution in [0.3, 0.4) is 0 Å². The maximum Gasteiger partial charge on any atom is 0.408 e.